The summed E-state index contributed by atoms with van der Waals surface area (Å²) in [7, 11) is 0. The number of piperidine rings is 1. The molecule has 30 heavy (non-hydrogen) atoms. The Bertz CT molecular complexity index is 1040. The highest BCUT2D eigenvalue weighted by Crippen LogP contribution is 2.29. The van der Waals surface area contributed by atoms with Crippen molar-refractivity contribution in [1.82, 2.24) is 15.6 Å². The lowest BCUT2D eigenvalue weighted by Gasteiger charge is -2.46. The molecule has 0 radical (unpaired) electrons. The number of amides is 1. The predicted molar refractivity (Wildman–Crippen MR) is 120 cm³/mol. The highest BCUT2D eigenvalue weighted by atomic mass is 16.5. The van der Waals surface area contributed by atoms with Gasteiger partial charge in [0.1, 0.15) is 11.5 Å². The number of hydrogen-bond donors (Lipinski definition) is 2. The molecule has 1 aliphatic rings. The lowest BCUT2D eigenvalue weighted by Crippen LogP contribution is -2.62. The van der Waals surface area contributed by atoms with Crippen LogP contribution < -0.4 is 15.4 Å². The van der Waals surface area contributed by atoms with Crippen LogP contribution in [0.1, 0.15) is 50.9 Å². The quantitative estimate of drug-likeness (QED) is 0.639. The van der Waals surface area contributed by atoms with Crippen LogP contribution in [0.5, 0.6) is 11.5 Å². The van der Waals surface area contributed by atoms with Gasteiger partial charge in [-0.05, 0) is 89.1 Å². The van der Waals surface area contributed by atoms with Crippen molar-refractivity contribution in [2.24, 2.45) is 0 Å². The molecule has 1 aliphatic heterocycles. The first-order chi connectivity index (χ1) is 14.2. The number of nitrogens with one attached hydrogen (secondary N) is 2. The Morgan fingerprint density at radius 1 is 1.00 bits per heavy atom. The molecule has 156 valence electrons. The molecule has 4 rings (SSSR count). The van der Waals surface area contributed by atoms with E-state index in [1.807, 2.05) is 54.6 Å². The fourth-order valence-corrected chi connectivity index (χ4v) is 4.62. The van der Waals surface area contributed by atoms with E-state index in [0.717, 1.165) is 29.5 Å². The van der Waals surface area contributed by atoms with Crippen molar-refractivity contribution in [2.45, 2.75) is 57.7 Å². The zero-order valence-electron chi connectivity index (χ0n) is 18.0. The Morgan fingerprint density at radius 3 is 2.37 bits per heavy atom. The Balaban J connectivity index is 1.42. The molecule has 0 unspecified atom stereocenters. The monoisotopic (exact) mass is 403 g/mol. The number of aromatic nitrogens is 1. The average molecular weight is 404 g/mol. The molecule has 0 atom stereocenters. The first kappa shape index (κ1) is 20.4. The number of rotatable bonds is 4. The Morgan fingerprint density at radius 2 is 1.67 bits per heavy atom. The number of benzene rings is 2. The van der Waals surface area contributed by atoms with Crippen LogP contribution in [0.25, 0.3) is 10.9 Å². The molecule has 2 aromatic carbocycles. The van der Waals surface area contributed by atoms with E-state index in [4.69, 9.17) is 4.74 Å². The maximum atomic E-state index is 12.8. The molecule has 0 bridgehead atoms. The van der Waals surface area contributed by atoms with Gasteiger partial charge in [0.25, 0.3) is 5.91 Å². The molecule has 0 spiro atoms. The maximum Gasteiger partial charge on any atom is 0.251 e. The van der Waals surface area contributed by atoms with Gasteiger partial charge in [0.05, 0.1) is 5.52 Å². The van der Waals surface area contributed by atoms with Gasteiger partial charge in [-0.25, -0.2) is 0 Å². The maximum absolute atomic E-state index is 12.8. The smallest absolute Gasteiger partial charge is 0.251 e. The molecule has 1 amide bonds. The number of hydrogen-bond acceptors (Lipinski definition) is 4. The third-order valence-corrected chi connectivity index (χ3v) is 5.45. The van der Waals surface area contributed by atoms with Crippen molar-refractivity contribution < 1.29 is 9.53 Å². The highest BCUT2D eigenvalue weighted by Gasteiger charge is 2.38. The van der Waals surface area contributed by atoms with E-state index in [1.54, 1.807) is 6.20 Å². The lowest BCUT2D eigenvalue weighted by molar-refractivity contribution is 0.0873. The van der Waals surface area contributed by atoms with Gasteiger partial charge in [0.15, 0.2) is 0 Å². The summed E-state index contributed by atoms with van der Waals surface area (Å²) < 4.78 is 5.96. The lowest BCUT2D eigenvalue weighted by atomic mass is 9.79. The SMILES string of the molecule is CC1(C)CC(NC(=O)c2ccc(Oc3ccc4ncccc4c3)cc2)CC(C)(C)N1. The summed E-state index contributed by atoms with van der Waals surface area (Å²) in [6, 6.07) is 17.1. The molecule has 5 nitrogen and oxygen atoms in total. The van der Waals surface area contributed by atoms with Crippen LogP contribution in [0.3, 0.4) is 0 Å². The van der Waals surface area contributed by atoms with Crippen LogP contribution >= 0.6 is 0 Å². The number of fused-ring (bicyclic) bond motifs is 1. The van der Waals surface area contributed by atoms with Gasteiger partial charge in [0.2, 0.25) is 0 Å². The average Bonchev–Trinajstić information content (AvgIpc) is 2.66. The van der Waals surface area contributed by atoms with Gasteiger partial charge in [-0.2, -0.15) is 0 Å². The minimum Gasteiger partial charge on any atom is -0.457 e. The number of nitrogens with zero attached hydrogens (tertiary/aromatic N) is 1. The van der Waals surface area contributed by atoms with E-state index < -0.39 is 0 Å². The summed E-state index contributed by atoms with van der Waals surface area (Å²) in [5, 5.41) is 7.88. The first-order valence-corrected chi connectivity index (χ1v) is 10.4. The van der Waals surface area contributed by atoms with Crippen LogP contribution in [0.2, 0.25) is 0 Å². The van der Waals surface area contributed by atoms with Crippen molar-refractivity contribution >= 4 is 16.8 Å². The third kappa shape index (κ3) is 4.79. The molecule has 1 fully saturated rings. The Kier molecular flexibility index (Phi) is 5.24. The number of carbonyl (C=O) groups excluding carboxylic acids is 1. The van der Waals surface area contributed by atoms with E-state index >= 15 is 0 Å². The molecular formula is C25H29N3O2. The first-order valence-electron chi connectivity index (χ1n) is 10.4. The summed E-state index contributed by atoms with van der Waals surface area (Å²) in [6.45, 7) is 8.73. The van der Waals surface area contributed by atoms with Crippen LogP contribution in [0.15, 0.2) is 60.8 Å². The number of pyridine rings is 1. The van der Waals surface area contributed by atoms with Crippen molar-refractivity contribution in [3.05, 3.63) is 66.4 Å². The normalized spacial score (nSPS) is 18.1. The van der Waals surface area contributed by atoms with E-state index in [0.29, 0.717) is 11.3 Å². The summed E-state index contributed by atoms with van der Waals surface area (Å²) in [5.74, 6) is 1.39. The van der Waals surface area contributed by atoms with Crippen LogP contribution in [-0.2, 0) is 0 Å². The molecule has 2 N–H and O–H groups in total. The van der Waals surface area contributed by atoms with Gasteiger partial charge < -0.3 is 15.4 Å². The predicted octanol–water partition coefficient (Wildman–Crippen LogP) is 5.07. The standard InChI is InChI=1S/C25H29N3O2/c1-24(2)15-19(16-25(3,4)28-24)27-23(29)17-7-9-20(10-8-17)30-21-11-12-22-18(14-21)6-5-13-26-22/h5-14,19,28H,15-16H2,1-4H3,(H,27,29). The minimum atomic E-state index is -0.0446. The summed E-state index contributed by atoms with van der Waals surface area (Å²) in [4.78, 5) is 17.1. The van der Waals surface area contributed by atoms with Crippen LogP contribution in [0, 0.1) is 0 Å². The molecular weight excluding hydrogens is 374 g/mol. The van der Waals surface area contributed by atoms with Crippen LogP contribution in [-0.4, -0.2) is 28.0 Å². The summed E-state index contributed by atoms with van der Waals surface area (Å²) >= 11 is 0. The summed E-state index contributed by atoms with van der Waals surface area (Å²) in [5.41, 5.74) is 1.56. The van der Waals surface area contributed by atoms with Gasteiger partial charge in [-0.3, -0.25) is 9.78 Å². The molecule has 0 aliphatic carbocycles. The van der Waals surface area contributed by atoms with Gasteiger partial charge in [0, 0.05) is 34.3 Å². The summed E-state index contributed by atoms with van der Waals surface area (Å²) in [6.07, 6.45) is 3.58. The molecule has 1 aromatic heterocycles. The zero-order chi connectivity index (χ0) is 21.4. The fraction of sp³-hybridized carbons (Fsp3) is 0.360. The second-order valence-electron chi connectivity index (χ2n) is 9.46. The van der Waals surface area contributed by atoms with Crippen LogP contribution in [0.4, 0.5) is 0 Å². The molecule has 0 saturated carbocycles. The van der Waals surface area contributed by atoms with Crippen molar-refractivity contribution in [3.8, 4) is 11.5 Å². The number of carbonyl (C=O) groups is 1. The van der Waals surface area contributed by atoms with Gasteiger partial charge in [-0.15, -0.1) is 0 Å². The highest BCUT2D eigenvalue weighted by molar-refractivity contribution is 5.94. The minimum absolute atomic E-state index is 0.00717. The van der Waals surface area contributed by atoms with Gasteiger partial charge in [-0.1, -0.05) is 6.07 Å². The fourth-order valence-electron chi connectivity index (χ4n) is 4.62. The number of ether oxygens (including phenoxy) is 1. The second kappa shape index (κ2) is 7.73. The van der Waals surface area contributed by atoms with Crippen molar-refractivity contribution in [3.63, 3.8) is 0 Å². The zero-order valence-corrected chi connectivity index (χ0v) is 18.0. The molecule has 3 aromatic rings. The third-order valence-electron chi connectivity index (χ3n) is 5.45. The second-order valence-corrected chi connectivity index (χ2v) is 9.46. The van der Waals surface area contributed by atoms with E-state index in [-0.39, 0.29) is 23.0 Å². The molecule has 5 heteroatoms. The van der Waals surface area contributed by atoms with Gasteiger partial charge >= 0.3 is 0 Å². The largest absolute Gasteiger partial charge is 0.457 e. The van der Waals surface area contributed by atoms with Crippen molar-refractivity contribution in [1.29, 1.82) is 0 Å². The molecule has 1 saturated heterocycles. The molecule has 2 heterocycles. The van der Waals surface area contributed by atoms with E-state index in [1.165, 1.54) is 0 Å². The topological polar surface area (TPSA) is 63.2 Å². The van der Waals surface area contributed by atoms with E-state index in [2.05, 4.69) is 43.3 Å². The van der Waals surface area contributed by atoms with E-state index in [9.17, 15) is 4.79 Å². The Labute approximate surface area is 177 Å². The van der Waals surface area contributed by atoms with Crippen molar-refractivity contribution in [2.75, 3.05) is 0 Å². The Hall–Kier alpha value is -2.92.